The molecule has 1 aromatic rings. The van der Waals surface area contributed by atoms with Gasteiger partial charge in [0.15, 0.2) is 0 Å². The molecule has 1 fully saturated rings. The number of aryl methyl sites for hydroxylation is 2. The SMILES string of the molecule is CCCC1(C(=O)O)CCCN1C(=O)c1cn(C)nc1C. The minimum atomic E-state index is -1.05. The van der Waals surface area contributed by atoms with Gasteiger partial charge in [0.2, 0.25) is 0 Å². The molecule has 1 atom stereocenters. The van der Waals surface area contributed by atoms with Crippen LogP contribution in [0.1, 0.15) is 48.7 Å². The molecule has 1 aromatic heterocycles. The number of aromatic nitrogens is 2. The van der Waals surface area contributed by atoms with E-state index in [2.05, 4.69) is 5.10 Å². The Morgan fingerprint density at radius 2 is 2.20 bits per heavy atom. The van der Waals surface area contributed by atoms with Crippen molar-refractivity contribution in [3.8, 4) is 0 Å². The third-order valence-electron chi connectivity index (χ3n) is 4.04. The number of carboxylic acid groups (broad SMARTS) is 1. The fourth-order valence-corrected chi connectivity index (χ4v) is 3.13. The van der Waals surface area contributed by atoms with Gasteiger partial charge in [0, 0.05) is 19.8 Å². The summed E-state index contributed by atoms with van der Waals surface area (Å²) in [6.07, 6.45) is 4.16. The molecule has 0 spiro atoms. The normalized spacial score (nSPS) is 22.2. The van der Waals surface area contributed by atoms with E-state index in [0.717, 1.165) is 12.8 Å². The van der Waals surface area contributed by atoms with Crippen LogP contribution in [0.4, 0.5) is 0 Å². The molecular formula is C14H21N3O3. The summed E-state index contributed by atoms with van der Waals surface area (Å²) in [5.74, 6) is -1.12. The highest BCUT2D eigenvalue weighted by molar-refractivity contribution is 5.99. The predicted molar refractivity (Wildman–Crippen MR) is 73.5 cm³/mol. The van der Waals surface area contributed by atoms with Gasteiger partial charge in [-0.05, 0) is 26.2 Å². The van der Waals surface area contributed by atoms with Gasteiger partial charge in [-0.25, -0.2) is 4.79 Å². The Bertz CT molecular complexity index is 538. The number of amides is 1. The Morgan fingerprint density at radius 3 is 2.70 bits per heavy atom. The van der Waals surface area contributed by atoms with E-state index in [4.69, 9.17) is 0 Å². The lowest BCUT2D eigenvalue weighted by Crippen LogP contribution is -2.53. The van der Waals surface area contributed by atoms with Crippen molar-refractivity contribution in [3.63, 3.8) is 0 Å². The van der Waals surface area contributed by atoms with Gasteiger partial charge in [0.25, 0.3) is 5.91 Å². The summed E-state index contributed by atoms with van der Waals surface area (Å²) in [5.41, 5.74) is 0.0880. The Balaban J connectivity index is 2.37. The molecule has 2 heterocycles. The van der Waals surface area contributed by atoms with E-state index in [9.17, 15) is 14.7 Å². The topological polar surface area (TPSA) is 75.4 Å². The van der Waals surface area contributed by atoms with Crippen LogP contribution in [0.15, 0.2) is 6.20 Å². The molecule has 0 bridgehead atoms. The van der Waals surface area contributed by atoms with Gasteiger partial charge in [0.1, 0.15) is 5.54 Å². The fourth-order valence-electron chi connectivity index (χ4n) is 3.13. The number of hydrogen-bond donors (Lipinski definition) is 1. The molecule has 0 aromatic carbocycles. The van der Waals surface area contributed by atoms with Crippen LogP contribution in [0.5, 0.6) is 0 Å². The maximum Gasteiger partial charge on any atom is 0.329 e. The van der Waals surface area contributed by atoms with Crippen molar-refractivity contribution in [1.82, 2.24) is 14.7 Å². The van der Waals surface area contributed by atoms with Gasteiger partial charge in [0.05, 0.1) is 11.3 Å². The summed E-state index contributed by atoms with van der Waals surface area (Å²) >= 11 is 0. The number of likely N-dealkylation sites (tertiary alicyclic amines) is 1. The lowest BCUT2D eigenvalue weighted by Gasteiger charge is -2.34. The smallest absolute Gasteiger partial charge is 0.329 e. The fraction of sp³-hybridized carbons (Fsp3) is 0.643. The molecular weight excluding hydrogens is 258 g/mol. The number of hydrogen-bond acceptors (Lipinski definition) is 3. The van der Waals surface area contributed by atoms with Crippen LogP contribution in [-0.2, 0) is 11.8 Å². The van der Waals surface area contributed by atoms with Gasteiger partial charge in [-0.1, -0.05) is 13.3 Å². The van der Waals surface area contributed by atoms with E-state index in [-0.39, 0.29) is 5.91 Å². The third-order valence-corrected chi connectivity index (χ3v) is 4.04. The first-order valence-electron chi connectivity index (χ1n) is 6.98. The molecule has 0 aliphatic carbocycles. The minimum Gasteiger partial charge on any atom is -0.479 e. The first-order chi connectivity index (χ1) is 9.42. The van der Waals surface area contributed by atoms with Gasteiger partial charge in [-0.3, -0.25) is 9.48 Å². The molecule has 1 aliphatic heterocycles. The average molecular weight is 279 g/mol. The Hall–Kier alpha value is -1.85. The Morgan fingerprint density at radius 1 is 1.50 bits per heavy atom. The number of carbonyl (C=O) groups excluding carboxylic acids is 1. The summed E-state index contributed by atoms with van der Waals surface area (Å²) in [7, 11) is 1.75. The van der Waals surface area contributed by atoms with Crippen LogP contribution in [0.25, 0.3) is 0 Å². The zero-order chi connectivity index (χ0) is 14.9. The number of rotatable bonds is 4. The highest BCUT2D eigenvalue weighted by Crippen LogP contribution is 2.35. The number of carbonyl (C=O) groups is 2. The van der Waals surface area contributed by atoms with E-state index in [0.29, 0.717) is 30.6 Å². The molecule has 0 saturated carbocycles. The van der Waals surface area contributed by atoms with Crippen LogP contribution >= 0.6 is 0 Å². The van der Waals surface area contributed by atoms with Crippen molar-refractivity contribution in [1.29, 1.82) is 0 Å². The monoisotopic (exact) mass is 279 g/mol. The lowest BCUT2D eigenvalue weighted by atomic mass is 9.90. The van der Waals surface area contributed by atoms with Crippen LogP contribution in [0.3, 0.4) is 0 Å². The van der Waals surface area contributed by atoms with Crippen molar-refractivity contribution in [2.75, 3.05) is 6.54 Å². The first kappa shape index (κ1) is 14.6. The van der Waals surface area contributed by atoms with E-state index in [1.54, 1.807) is 24.9 Å². The summed E-state index contributed by atoms with van der Waals surface area (Å²) in [5, 5.41) is 13.8. The molecule has 1 N–H and O–H groups in total. The van der Waals surface area contributed by atoms with Crippen molar-refractivity contribution in [3.05, 3.63) is 17.5 Å². The van der Waals surface area contributed by atoms with Gasteiger partial charge >= 0.3 is 5.97 Å². The van der Waals surface area contributed by atoms with E-state index >= 15 is 0 Å². The lowest BCUT2D eigenvalue weighted by molar-refractivity contribution is -0.148. The van der Waals surface area contributed by atoms with Crippen LogP contribution < -0.4 is 0 Å². The van der Waals surface area contributed by atoms with E-state index in [1.807, 2.05) is 6.92 Å². The van der Waals surface area contributed by atoms with Crippen molar-refractivity contribution in [2.45, 2.75) is 45.1 Å². The van der Waals surface area contributed by atoms with Gasteiger partial charge < -0.3 is 10.0 Å². The maximum absolute atomic E-state index is 12.7. The molecule has 2 rings (SSSR count). The Labute approximate surface area is 118 Å². The van der Waals surface area contributed by atoms with Gasteiger partial charge in [-0.2, -0.15) is 5.10 Å². The molecule has 1 saturated heterocycles. The second-order valence-corrected chi connectivity index (χ2v) is 5.45. The molecule has 1 aliphatic rings. The highest BCUT2D eigenvalue weighted by Gasteiger charge is 2.49. The van der Waals surface area contributed by atoms with Crippen LogP contribution in [0, 0.1) is 6.92 Å². The van der Waals surface area contributed by atoms with Crippen molar-refractivity contribution < 1.29 is 14.7 Å². The predicted octanol–water partition coefficient (Wildman–Crippen LogP) is 1.59. The number of aliphatic carboxylic acids is 1. The molecule has 6 nitrogen and oxygen atoms in total. The largest absolute Gasteiger partial charge is 0.479 e. The highest BCUT2D eigenvalue weighted by atomic mass is 16.4. The molecule has 110 valence electrons. The molecule has 1 unspecified atom stereocenters. The summed E-state index contributed by atoms with van der Waals surface area (Å²) < 4.78 is 1.58. The van der Waals surface area contributed by atoms with Crippen molar-refractivity contribution >= 4 is 11.9 Å². The molecule has 0 radical (unpaired) electrons. The van der Waals surface area contributed by atoms with Crippen LogP contribution in [-0.4, -0.2) is 43.7 Å². The molecule has 20 heavy (non-hydrogen) atoms. The third kappa shape index (κ3) is 2.19. The van der Waals surface area contributed by atoms with Crippen molar-refractivity contribution in [2.24, 2.45) is 7.05 Å². The summed E-state index contributed by atoms with van der Waals surface area (Å²) in [4.78, 5) is 26.0. The van der Waals surface area contributed by atoms with E-state index < -0.39 is 11.5 Å². The van der Waals surface area contributed by atoms with Crippen LogP contribution in [0.2, 0.25) is 0 Å². The molecule has 6 heteroatoms. The Kier molecular flexibility index (Phi) is 3.83. The summed E-state index contributed by atoms with van der Waals surface area (Å²) in [6.45, 7) is 4.21. The molecule has 1 amide bonds. The number of nitrogens with zero attached hydrogens (tertiary/aromatic N) is 3. The first-order valence-corrected chi connectivity index (χ1v) is 6.98. The number of carboxylic acids is 1. The summed E-state index contributed by atoms with van der Waals surface area (Å²) in [6, 6.07) is 0. The second kappa shape index (κ2) is 5.26. The second-order valence-electron chi connectivity index (χ2n) is 5.45. The minimum absolute atomic E-state index is 0.219. The van der Waals surface area contributed by atoms with E-state index in [1.165, 1.54) is 4.90 Å². The average Bonchev–Trinajstić information content (AvgIpc) is 2.93. The van der Waals surface area contributed by atoms with Gasteiger partial charge in [-0.15, -0.1) is 0 Å². The zero-order valence-corrected chi connectivity index (χ0v) is 12.2. The maximum atomic E-state index is 12.7. The quantitative estimate of drug-likeness (QED) is 0.908. The standard InChI is InChI=1S/C14H21N3O3/c1-4-6-14(13(19)20)7-5-8-17(14)12(18)11-9-16(3)15-10(11)2/h9H,4-8H2,1-3H3,(H,19,20). The zero-order valence-electron chi connectivity index (χ0n) is 12.2.